The molecule has 0 aromatic heterocycles. The Bertz CT molecular complexity index is 431. The van der Waals surface area contributed by atoms with Gasteiger partial charge in [0.1, 0.15) is 11.2 Å². The molecule has 2 saturated carbocycles. The van der Waals surface area contributed by atoms with Crippen molar-refractivity contribution >= 4 is 0 Å². The van der Waals surface area contributed by atoms with Gasteiger partial charge in [0.25, 0.3) is 0 Å². The summed E-state index contributed by atoms with van der Waals surface area (Å²) in [7, 11) is 0. The minimum absolute atomic E-state index is 0.0184. The highest BCUT2D eigenvalue weighted by atomic mass is 16.7. The Morgan fingerprint density at radius 3 is 2.60 bits per heavy atom. The van der Waals surface area contributed by atoms with Crippen LogP contribution in [0.3, 0.4) is 0 Å². The van der Waals surface area contributed by atoms with Crippen molar-refractivity contribution in [3.05, 3.63) is 0 Å². The Balaban J connectivity index is 1.76. The van der Waals surface area contributed by atoms with Gasteiger partial charge in [-0.15, -0.1) is 0 Å². The lowest BCUT2D eigenvalue weighted by Gasteiger charge is -2.54. The molecule has 20 heavy (non-hydrogen) atoms. The van der Waals surface area contributed by atoms with Crippen molar-refractivity contribution in [2.75, 3.05) is 0 Å². The number of hydrogen-bond donors (Lipinski definition) is 0. The van der Waals surface area contributed by atoms with Gasteiger partial charge in [0.05, 0.1) is 11.7 Å². The third-order valence-electron chi connectivity index (χ3n) is 7.33. The van der Waals surface area contributed by atoms with Crippen LogP contribution in [0.5, 0.6) is 0 Å². The van der Waals surface area contributed by atoms with Gasteiger partial charge in [-0.2, -0.15) is 0 Å². The summed E-state index contributed by atoms with van der Waals surface area (Å²) in [6.45, 7) is 9.42. The second-order valence-corrected chi connectivity index (χ2v) is 8.67. The van der Waals surface area contributed by atoms with Gasteiger partial charge < -0.3 is 9.47 Å². The van der Waals surface area contributed by atoms with Crippen LogP contribution in [0.2, 0.25) is 0 Å². The summed E-state index contributed by atoms with van der Waals surface area (Å²) in [4.78, 5) is 0. The molecule has 2 heteroatoms. The van der Waals surface area contributed by atoms with E-state index in [-0.39, 0.29) is 16.8 Å². The fourth-order valence-electron chi connectivity index (χ4n) is 5.96. The summed E-state index contributed by atoms with van der Waals surface area (Å²) < 4.78 is 13.3. The Labute approximate surface area is 123 Å². The molecule has 0 amide bonds. The number of epoxide rings is 1. The van der Waals surface area contributed by atoms with E-state index in [4.69, 9.17) is 9.47 Å². The van der Waals surface area contributed by atoms with Crippen molar-refractivity contribution in [1.82, 2.24) is 0 Å². The Morgan fingerprint density at radius 1 is 1.10 bits per heavy atom. The van der Waals surface area contributed by atoms with Crippen molar-refractivity contribution in [2.24, 2.45) is 11.3 Å². The number of unbranched alkanes of at least 4 members (excludes halogenated alkanes) is 1. The van der Waals surface area contributed by atoms with Crippen LogP contribution in [0.15, 0.2) is 0 Å². The lowest BCUT2D eigenvalue weighted by atomic mass is 9.51. The fraction of sp³-hybridized carbons (Fsp3) is 1.00. The van der Waals surface area contributed by atoms with Gasteiger partial charge in [-0.05, 0) is 63.7 Å². The van der Waals surface area contributed by atoms with E-state index < -0.39 is 0 Å². The second kappa shape index (κ2) is 3.81. The van der Waals surface area contributed by atoms with E-state index in [1.54, 1.807) is 0 Å². The zero-order valence-corrected chi connectivity index (χ0v) is 13.6. The predicted molar refractivity (Wildman–Crippen MR) is 79.7 cm³/mol. The van der Waals surface area contributed by atoms with Gasteiger partial charge in [-0.1, -0.05) is 26.7 Å². The lowest BCUT2D eigenvalue weighted by Crippen LogP contribution is -2.61. The number of fused-ring (bicyclic) bond motifs is 2. The minimum atomic E-state index is 0.0184. The molecule has 2 aliphatic carbocycles. The van der Waals surface area contributed by atoms with Gasteiger partial charge in [0.2, 0.25) is 0 Å². The van der Waals surface area contributed by atoms with E-state index >= 15 is 0 Å². The fourth-order valence-corrected chi connectivity index (χ4v) is 5.96. The molecule has 0 aromatic carbocycles. The maximum Gasteiger partial charge on any atom is 0.124 e. The van der Waals surface area contributed by atoms with Crippen LogP contribution in [0, 0.1) is 11.3 Å². The van der Waals surface area contributed by atoms with Gasteiger partial charge in [0.15, 0.2) is 0 Å². The molecule has 0 N–H and O–H groups in total. The molecular weight excluding hydrogens is 248 g/mol. The predicted octanol–water partition coefficient (Wildman–Crippen LogP) is 4.46. The molecule has 4 rings (SSSR count). The first-order valence-corrected chi connectivity index (χ1v) is 8.77. The zero-order chi connectivity index (χ0) is 14.2. The first-order chi connectivity index (χ1) is 9.39. The number of hydrogen-bond acceptors (Lipinski definition) is 2. The number of ether oxygens (including phenoxy) is 2. The third kappa shape index (κ3) is 1.38. The molecule has 5 atom stereocenters. The molecular formula is C18H30O2. The Kier molecular flexibility index (Phi) is 2.59. The molecule has 0 radical (unpaired) electrons. The van der Waals surface area contributed by atoms with E-state index in [1.807, 2.05) is 0 Å². The van der Waals surface area contributed by atoms with Crippen LogP contribution >= 0.6 is 0 Å². The summed E-state index contributed by atoms with van der Waals surface area (Å²) in [6, 6.07) is 0. The van der Waals surface area contributed by atoms with Crippen LogP contribution < -0.4 is 0 Å². The van der Waals surface area contributed by atoms with Gasteiger partial charge >= 0.3 is 0 Å². The molecule has 4 aliphatic rings. The first-order valence-electron chi connectivity index (χ1n) is 8.77. The smallest absolute Gasteiger partial charge is 0.124 e. The summed E-state index contributed by atoms with van der Waals surface area (Å²) >= 11 is 0. The van der Waals surface area contributed by atoms with Crippen LogP contribution in [0.1, 0.15) is 79.1 Å². The first kappa shape index (κ1) is 13.6. The molecule has 2 aliphatic heterocycles. The standard InChI is InChI=1S/C18H30O2/c1-5-6-9-17-14(19-17)8-11-16(4)10-7-13-12-18(16,17)20-15(13,2)3/h13-14H,5-12H2,1-4H3/t13-,14+,16-,17+,18-/m1/s1. The molecule has 2 bridgehead atoms. The van der Waals surface area contributed by atoms with Gasteiger partial charge in [0, 0.05) is 0 Å². The third-order valence-corrected chi connectivity index (χ3v) is 7.33. The van der Waals surface area contributed by atoms with Gasteiger partial charge in [-0.25, -0.2) is 0 Å². The van der Waals surface area contributed by atoms with Crippen molar-refractivity contribution in [3.63, 3.8) is 0 Å². The van der Waals surface area contributed by atoms with E-state index in [1.165, 1.54) is 51.4 Å². The van der Waals surface area contributed by atoms with Crippen LogP contribution in [0.25, 0.3) is 0 Å². The maximum absolute atomic E-state index is 6.90. The lowest BCUT2D eigenvalue weighted by molar-refractivity contribution is -0.194. The quantitative estimate of drug-likeness (QED) is 0.711. The minimum Gasteiger partial charge on any atom is -0.365 e. The molecule has 0 aromatic rings. The van der Waals surface area contributed by atoms with Crippen molar-refractivity contribution in [1.29, 1.82) is 0 Å². The van der Waals surface area contributed by atoms with Crippen LogP contribution in [-0.4, -0.2) is 22.9 Å². The topological polar surface area (TPSA) is 21.8 Å². The summed E-state index contributed by atoms with van der Waals surface area (Å²) in [5.74, 6) is 0.733. The number of rotatable bonds is 3. The SMILES string of the molecule is CCCC[C@]12O[C@H]1CC[C@@]1(C)CC[C@@H]3C[C@@]12OC3(C)C. The average molecular weight is 278 g/mol. The molecule has 2 heterocycles. The summed E-state index contributed by atoms with van der Waals surface area (Å²) in [5.41, 5.74) is 0.482. The van der Waals surface area contributed by atoms with E-state index in [2.05, 4.69) is 27.7 Å². The highest BCUT2D eigenvalue weighted by Gasteiger charge is 2.80. The summed E-state index contributed by atoms with van der Waals surface area (Å²) in [5, 5.41) is 0. The molecule has 2 nitrogen and oxygen atoms in total. The van der Waals surface area contributed by atoms with Crippen molar-refractivity contribution < 1.29 is 9.47 Å². The van der Waals surface area contributed by atoms with Crippen molar-refractivity contribution in [2.45, 2.75) is 102 Å². The largest absolute Gasteiger partial charge is 0.365 e. The summed E-state index contributed by atoms with van der Waals surface area (Å²) in [6.07, 6.45) is 10.7. The van der Waals surface area contributed by atoms with Crippen molar-refractivity contribution in [3.8, 4) is 0 Å². The van der Waals surface area contributed by atoms with Crippen LogP contribution in [-0.2, 0) is 9.47 Å². The maximum atomic E-state index is 6.90. The zero-order valence-electron chi connectivity index (χ0n) is 13.6. The molecule has 1 spiro atoms. The highest BCUT2D eigenvalue weighted by Crippen LogP contribution is 2.73. The normalized spacial score (nSPS) is 55.2. The highest BCUT2D eigenvalue weighted by molar-refractivity contribution is 5.29. The van der Waals surface area contributed by atoms with Crippen LogP contribution in [0.4, 0.5) is 0 Å². The molecule has 114 valence electrons. The van der Waals surface area contributed by atoms with Gasteiger partial charge in [-0.3, -0.25) is 0 Å². The van der Waals surface area contributed by atoms with E-state index in [9.17, 15) is 0 Å². The molecule has 4 fully saturated rings. The second-order valence-electron chi connectivity index (χ2n) is 8.67. The Hall–Kier alpha value is -0.0800. The molecule has 0 unspecified atom stereocenters. The Morgan fingerprint density at radius 2 is 1.85 bits per heavy atom. The van der Waals surface area contributed by atoms with E-state index in [0.29, 0.717) is 11.5 Å². The van der Waals surface area contributed by atoms with E-state index in [0.717, 1.165) is 5.92 Å². The average Bonchev–Trinajstić information content (AvgIpc) is 3.06. The molecule has 2 saturated heterocycles. The monoisotopic (exact) mass is 278 g/mol.